The van der Waals surface area contributed by atoms with Crippen LogP contribution in [0.1, 0.15) is 10.5 Å². The molecule has 0 aromatic carbocycles. The fraction of sp³-hybridized carbons (Fsp3) is 0.182. The van der Waals surface area contributed by atoms with Crippen LogP contribution < -0.4 is 10.6 Å². The van der Waals surface area contributed by atoms with Crippen LogP contribution in [0.5, 0.6) is 0 Å². The van der Waals surface area contributed by atoms with E-state index in [4.69, 9.17) is 0 Å². The van der Waals surface area contributed by atoms with Crippen molar-refractivity contribution < 1.29 is 4.79 Å². The Morgan fingerprint density at radius 2 is 1.89 bits per heavy atom. The molecule has 0 bridgehead atoms. The second-order valence-electron chi connectivity index (χ2n) is 3.35. The van der Waals surface area contributed by atoms with Gasteiger partial charge in [0, 0.05) is 37.9 Å². The van der Waals surface area contributed by atoms with E-state index in [1.807, 2.05) is 0 Å². The Balaban J connectivity index is 1.72. The summed E-state index contributed by atoms with van der Waals surface area (Å²) >= 11 is 0. The van der Waals surface area contributed by atoms with E-state index in [0.717, 1.165) is 0 Å². The SMILES string of the molecule is O=C(NCCNc1ncccn1)c1cnccn1. The third-order valence-corrected chi connectivity index (χ3v) is 2.06. The normalized spacial score (nSPS) is 9.78. The molecule has 18 heavy (non-hydrogen) atoms. The molecule has 0 saturated carbocycles. The van der Waals surface area contributed by atoms with Crippen molar-refractivity contribution >= 4 is 11.9 Å². The van der Waals surface area contributed by atoms with Gasteiger partial charge in [0.05, 0.1) is 6.20 Å². The molecule has 2 aromatic rings. The summed E-state index contributed by atoms with van der Waals surface area (Å²) in [6, 6.07) is 1.74. The zero-order valence-corrected chi connectivity index (χ0v) is 9.58. The van der Waals surface area contributed by atoms with Crippen molar-refractivity contribution in [3.8, 4) is 0 Å². The van der Waals surface area contributed by atoms with E-state index in [0.29, 0.717) is 24.7 Å². The Hall–Kier alpha value is -2.57. The molecule has 2 heterocycles. The first kappa shape index (κ1) is 11.9. The summed E-state index contributed by atoms with van der Waals surface area (Å²) in [6.07, 6.45) is 7.71. The number of rotatable bonds is 5. The van der Waals surface area contributed by atoms with E-state index in [-0.39, 0.29) is 5.91 Å². The zero-order chi connectivity index (χ0) is 12.6. The van der Waals surface area contributed by atoms with E-state index in [9.17, 15) is 4.79 Å². The van der Waals surface area contributed by atoms with Crippen molar-refractivity contribution in [1.82, 2.24) is 25.3 Å². The topological polar surface area (TPSA) is 92.7 Å². The van der Waals surface area contributed by atoms with Crippen LogP contribution in [0.15, 0.2) is 37.1 Å². The monoisotopic (exact) mass is 244 g/mol. The largest absolute Gasteiger partial charge is 0.352 e. The van der Waals surface area contributed by atoms with Gasteiger partial charge in [-0.2, -0.15) is 0 Å². The minimum absolute atomic E-state index is 0.251. The van der Waals surface area contributed by atoms with Crippen LogP contribution in [0.25, 0.3) is 0 Å². The third-order valence-electron chi connectivity index (χ3n) is 2.06. The number of nitrogens with zero attached hydrogens (tertiary/aromatic N) is 4. The quantitative estimate of drug-likeness (QED) is 0.725. The Kier molecular flexibility index (Phi) is 4.12. The first-order valence-electron chi connectivity index (χ1n) is 5.41. The number of carbonyl (C=O) groups excluding carboxylic acids is 1. The average molecular weight is 244 g/mol. The van der Waals surface area contributed by atoms with Gasteiger partial charge in [0.1, 0.15) is 5.69 Å². The molecule has 7 nitrogen and oxygen atoms in total. The van der Waals surface area contributed by atoms with Gasteiger partial charge in [0.2, 0.25) is 5.95 Å². The number of nitrogens with one attached hydrogen (secondary N) is 2. The van der Waals surface area contributed by atoms with Crippen LogP contribution >= 0.6 is 0 Å². The molecule has 0 aliphatic carbocycles. The highest BCUT2D eigenvalue weighted by Crippen LogP contribution is 1.92. The van der Waals surface area contributed by atoms with Gasteiger partial charge in [0.15, 0.2) is 0 Å². The number of carbonyl (C=O) groups is 1. The molecule has 0 atom stereocenters. The van der Waals surface area contributed by atoms with Gasteiger partial charge in [-0.15, -0.1) is 0 Å². The first-order valence-corrected chi connectivity index (χ1v) is 5.41. The number of anilines is 1. The number of hydrogen-bond acceptors (Lipinski definition) is 6. The van der Waals surface area contributed by atoms with Gasteiger partial charge in [-0.25, -0.2) is 15.0 Å². The van der Waals surface area contributed by atoms with Gasteiger partial charge in [0.25, 0.3) is 5.91 Å². The predicted octanol–water partition coefficient (Wildman–Crippen LogP) is 0.108. The summed E-state index contributed by atoms with van der Waals surface area (Å²) in [7, 11) is 0. The number of aromatic nitrogens is 4. The van der Waals surface area contributed by atoms with Crippen LogP contribution in [0, 0.1) is 0 Å². The lowest BCUT2D eigenvalue weighted by Crippen LogP contribution is -2.29. The average Bonchev–Trinajstić information content (AvgIpc) is 2.45. The molecule has 0 aliphatic rings. The highest BCUT2D eigenvalue weighted by molar-refractivity contribution is 5.91. The second-order valence-corrected chi connectivity index (χ2v) is 3.35. The number of hydrogen-bond donors (Lipinski definition) is 2. The van der Waals surface area contributed by atoms with Crippen LogP contribution in [0.4, 0.5) is 5.95 Å². The van der Waals surface area contributed by atoms with Crippen LogP contribution in [0.3, 0.4) is 0 Å². The molecule has 2 rings (SSSR count). The van der Waals surface area contributed by atoms with Crippen LogP contribution in [-0.4, -0.2) is 38.9 Å². The minimum atomic E-state index is -0.251. The van der Waals surface area contributed by atoms with E-state index >= 15 is 0 Å². The summed E-state index contributed by atoms with van der Waals surface area (Å²) in [4.78, 5) is 27.3. The summed E-state index contributed by atoms with van der Waals surface area (Å²) in [5.74, 6) is 0.283. The Bertz CT molecular complexity index is 489. The van der Waals surface area contributed by atoms with Crippen molar-refractivity contribution in [2.45, 2.75) is 0 Å². The zero-order valence-electron chi connectivity index (χ0n) is 9.58. The molecule has 0 aliphatic heterocycles. The van der Waals surface area contributed by atoms with E-state index in [1.54, 1.807) is 18.5 Å². The maximum Gasteiger partial charge on any atom is 0.271 e. The third kappa shape index (κ3) is 3.48. The lowest BCUT2D eigenvalue weighted by molar-refractivity contribution is 0.0950. The van der Waals surface area contributed by atoms with Crippen LogP contribution in [-0.2, 0) is 0 Å². The summed E-state index contributed by atoms with van der Waals surface area (Å²) in [6.45, 7) is 0.990. The molecule has 1 amide bonds. The Labute approximate surface area is 104 Å². The summed E-state index contributed by atoms with van der Waals surface area (Å²) in [5.41, 5.74) is 0.300. The van der Waals surface area contributed by atoms with E-state index in [2.05, 4.69) is 30.6 Å². The molecule has 2 aromatic heterocycles. The Morgan fingerprint density at radius 1 is 1.06 bits per heavy atom. The standard InChI is InChI=1S/C11H12N6O/c18-10(9-8-12-4-5-13-9)14-6-7-17-11-15-2-1-3-16-11/h1-5,8H,6-7H2,(H,14,18)(H,15,16,17). The minimum Gasteiger partial charge on any atom is -0.352 e. The fourth-order valence-corrected chi connectivity index (χ4v) is 1.25. The summed E-state index contributed by atoms with van der Waals surface area (Å²) in [5, 5.41) is 5.69. The lowest BCUT2D eigenvalue weighted by atomic mass is 10.4. The molecule has 0 fully saturated rings. The van der Waals surface area contributed by atoms with Crippen molar-refractivity contribution in [2.75, 3.05) is 18.4 Å². The molecule has 7 heteroatoms. The van der Waals surface area contributed by atoms with Crippen molar-refractivity contribution in [1.29, 1.82) is 0 Å². The van der Waals surface area contributed by atoms with Gasteiger partial charge in [-0.1, -0.05) is 0 Å². The van der Waals surface area contributed by atoms with E-state index in [1.165, 1.54) is 18.6 Å². The molecule has 0 saturated heterocycles. The maximum atomic E-state index is 11.6. The highest BCUT2D eigenvalue weighted by Gasteiger charge is 2.05. The van der Waals surface area contributed by atoms with Crippen molar-refractivity contribution in [2.24, 2.45) is 0 Å². The molecule has 0 unspecified atom stereocenters. The first-order chi connectivity index (χ1) is 8.86. The van der Waals surface area contributed by atoms with Gasteiger partial charge in [-0.3, -0.25) is 9.78 Å². The molecule has 0 radical (unpaired) electrons. The van der Waals surface area contributed by atoms with Crippen molar-refractivity contribution in [3.63, 3.8) is 0 Å². The predicted molar refractivity (Wildman–Crippen MR) is 64.9 cm³/mol. The molecule has 92 valence electrons. The van der Waals surface area contributed by atoms with Gasteiger partial charge < -0.3 is 10.6 Å². The van der Waals surface area contributed by atoms with E-state index < -0.39 is 0 Å². The van der Waals surface area contributed by atoms with Gasteiger partial charge >= 0.3 is 0 Å². The molecule has 0 spiro atoms. The maximum absolute atomic E-state index is 11.6. The fourth-order valence-electron chi connectivity index (χ4n) is 1.25. The Morgan fingerprint density at radius 3 is 2.61 bits per heavy atom. The van der Waals surface area contributed by atoms with Crippen molar-refractivity contribution in [3.05, 3.63) is 42.7 Å². The molecular formula is C11H12N6O. The molecule has 2 N–H and O–H groups in total. The van der Waals surface area contributed by atoms with Gasteiger partial charge in [-0.05, 0) is 6.07 Å². The van der Waals surface area contributed by atoms with Crippen LogP contribution in [0.2, 0.25) is 0 Å². The lowest BCUT2D eigenvalue weighted by Gasteiger charge is -2.05. The summed E-state index contributed by atoms with van der Waals surface area (Å²) < 4.78 is 0. The highest BCUT2D eigenvalue weighted by atomic mass is 16.1. The second kappa shape index (κ2) is 6.24. The number of amides is 1. The smallest absolute Gasteiger partial charge is 0.271 e. The molecular weight excluding hydrogens is 232 g/mol.